The summed E-state index contributed by atoms with van der Waals surface area (Å²) < 4.78 is 0. The van der Waals surface area contributed by atoms with Crippen LogP contribution in [0.3, 0.4) is 0 Å². The first-order chi connectivity index (χ1) is 8.17. The Morgan fingerprint density at radius 2 is 2.24 bits per heavy atom. The number of nitrogens with one attached hydrogen (secondary N) is 1. The van der Waals surface area contributed by atoms with Crippen LogP contribution in [0, 0.1) is 5.41 Å². The molecule has 96 valence electrons. The number of nitrogens with zero attached hydrogens (tertiary/aromatic N) is 1. The number of hydrogen-bond donors (Lipinski definition) is 1. The summed E-state index contributed by atoms with van der Waals surface area (Å²) in [4.78, 5) is 14.8. The van der Waals surface area contributed by atoms with Gasteiger partial charge in [-0.1, -0.05) is 18.9 Å². The molecule has 3 heteroatoms. The quantitative estimate of drug-likeness (QED) is 0.757. The maximum Gasteiger partial charge on any atom is 0.230 e. The molecule has 1 aliphatic carbocycles. The number of carbonyl (C=O) groups is 1. The minimum Gasteiger partial charge on any atom is -0.335 e. The van der Waals surface area contributed by atoms with E-state index in [1.54, 1.807) is 0 Å². The van der Waals surface area contributed by atoms with Crippen molar-refractivity contribution in [1.82, 2.24) is 10.2 Å². The van der Waals surface area contributed by atoms with Gasteiger partial charge < -0.3 is 10.2 Å². The lowest BCUT2D eigenvalue weighted by molar-refractivity contribution is -0.142. The van der Waals surface area contributed by atoms with Gasteiger partial charge in [0.2, 0.25) is 5.91 Å². The number of hydrogen-bond acceptors (Lipinski definition) is 2. The molecule has 0 aromatic carbocycles. The van der Waals surface area contributed by atoms with E-state index in [9.17, 15) is 4.79 Å². The lowest BCUT2D eigenvalue weighted by atomic mass is 9.87. The minimum absolute atomic E-state index is 0.189. The van der Waals surface area contributed by atoms with E-state index in [0.717, 1.165) is 19.5 Å². The van der Waals surface area contributed by atoms with Crippen LogP contribution in [0.2, 0.25) is 0 Å². The Morgan fingerprint density at radius 3 is 2.76 bits per heavy atom. The fourth-order valence-electron chi connectivity index (χ4n) is 3.10. The van der Waals surface area contributed by atoms with Crippen LogP contribution in [0.25, 0.3) is 0 Å². The second-order valence-electron chi connectivity index (χ2n) is 5.67. The lowest BCUT2D eigenvalue weighted by Gasteiger charge is -2.34. The number of amides is 1. The maximum absolute atomic E-state index is 12.7. The molecular formula is C14H24N2O. The Kier molecular flexibility index (Phi) is 3.87. The van der Waals surface area contributed by atoms with Gasteiger partial charge in [-0.05, 0) is 32.7 Å². The third-order valence-electron chi connectivity index (χ3n) is 4.24. The molecule has 0 aromatic rings. The molecule has 1 aliphatic heterocycles. The molecule has 1 N–H and O–H groups in total. The lowest BCUT2D eigenvalue weighted by Crippen LogP contribution is -2.47. The summed E-state index contributed by atoms with van der Waals surface area (Å²) in [6.45, 7) is 8.39. The number of carbonyl (C=O) groups excluding carboxylic acids is 1. The van der Waals surface area contributed by atoms with Crippen LogP contribution in [0.5, 0.6) is 0 Å². The molecule has 0 radical (unpaired) electrons. The summed E-state index contributed by atoms with van der Waals surface area (Å²) in [5.74, 6) is 0.328. The molecular weight excluding hydrogens is 212 g/mol. The highest BCUT2D eigenvalue weighted by Crippen LogP contribution is 2.31. The van der Waals surface area contributed by atoms with Gasteiger partial charge in [0.05, 0.1) is 5.41 Å². The van der Waals surface area contributed by atoms with Gasteiger partial charge in [0.1, 0.15) is 0 Å². The Labute approximate surface area is 104 Å². The molecule has 2 rings (SSSR count). The highest BCUT2D eigenvalue weighted by Gasteiger charge is 2.41. The highest BCUT2D eigenvalue weighted by atomic mass is 16.2. The van der Waals surface area contributed by atoms with Crippen molar-refractivity contribution in [1.29, 1.82) is 0 Å². The average Bonchev–Trinajstić information content (AvgIpc) is 2.96. The zero-order valence-electron chi connectivity index (χ0n) is 10.9. The van der Waals surface area contributed by atoms with Crippen LogP contribution < -0.4 is 5.32 Å². The summed E-state index contributed by atoms with van der Waals surface area (Å²) in [6.07, 6.45) is 7.70. The van der Waals surface area contributed by atoms with Crippen molar-refractivity contribution in [3.05, 3.63) is 12.7 Å². The van der Waals surface area contributed by atoms with Crippen LogP contribution in [0.1, 0.15) is 39.0 Å². The monoisotopic (exact) mass is 236 g/mol. The van der Waals surface area contributed by atoms with Gasteiger partial charge in [-0.25, -0.2) is 0 Å². The first kappa shape index (κ1) is 12.6. The van der Waals surface area contributed by atoms with Crippen molar-refractivity contribution in [2.24, 2.45) is 5.41 Å². The van der Waals surface area contributed by atoms with Gasteiger partial charge in [-0.15, -0.1) is 6.58 Å². The highest BCUT2D eigenvalue weighted by molar-refractivity contribution is 5.83. The molecule has 1 amide bonds. The number of rotatable bonds is 4. The van der Waals surface area contributed by atoms with Crippen molar-refractivity contribution in [2.45, 2.75) is 45.1 Å². The molecule has 0 aromatic heterocycles. The van der Waals surface area contributed by atoms with Gasteiger partial charge >= 0.3 is 0 Å². The summed E-state index contributed by atoms with van der Waals surface area (Å²) in [7, 11) is 0. The molecule has 1 saturated heterocycles. The Morgan fingerprint density at radius 1 is 1.53 bits per heavy atom. The van der Waals surface area contributed by atoms with E-state index in [-0.39, 0.29) is 5.41 Å². The van der Waals surface area contributed by atoms with Crippen LogP contribution in [-0.2, 0) is 4.79 Å². The van der Waals surface area contributed by atoms with Crippen LogP contribution in [-0.4, -0.2) is 36.5 Å². The molecule has 0 spiro atoms. The Hall–Kier alpha value is -0.830. The van der Waals surface area contributed by atoms with Gasteiger partial charge in [-0.2, -0.15) is 0 Å². The molecule has 1 heterocycles. The summed E-state index contributed by atoms with van der Waals surface area (Å²) in [5.41, 5.74) is -0.189. The predicted octanol–water partition coefficient (Wildman–Crippen LogP) is 1.94. The SMILES string of the molecule is C=CCN(C(=O)C1(C)CCNC1)C1CCCC1. The van der Waals surface area contributed by atoms with Crippen molar-refractivity contribution < 1.29 is 4.79 Å². The van der Waals surface area contributed by atoms with Crippen LogP contribution in [0.15, 0.2) is 12.7 Å². The molecule has 1 unspecified atom stereocenters. The van der Waals surface area contributed by atoms with E-state index in [4.69, 9.17) is 0 Å². The first-order valence-corrected chi connectivity index (χ1v) is 6.80. The zero-order chi connectivity index (χ0) is 12.3. The van der Waals surface area contributed by atoms with Gasteiger partial charge in [0, 0.05) is 19.1 Å². The molecule has 2 aliphatic rings. The summed E-state index contributed by atoms with van der Waals surface area (Å²) in [5, 5.41) is 3.31. The van der Waals surface area contributed by atoms with Crippen molar-refractivity contribution in [3.63, 3.8) is 0 Å². The fourth-order valence-corrected chi connectivity index (χ4v) is 3.10. The summed E-state index contributed by atoms with van der Waals surface area (Å²) in [6, 6.07) is 0.456. The first-order valence-electron chi connectivity index (χ1n) is 6.80. The third kappa shape index (κ3) is 2.54. The van der Waals surface area contributed by atoms with E-state index in [1.807, 2.05) is 6.08 Å². The van der Waals surface area contributed by atoms with E-state index >= 15 is 0 Å². The molecule has 1 atom stereocenters. The molecule has 17 heavy (non-hydrogen) atoms. The second-order valence-corrected chi connectivity index (χ2v) is 5.67. The van der Waals surface area contributed by atoms with Crippen molar-refractivity contribution in [3.8, 4) is 0 Å². The largest absolute Gasteiger partial charge is 0.335 e. The van der Waals surface area contributed by atoms with E-state index in [1.165, 1.54) is 25.7 Å². The van der Waals surface area contributed by atoms with Crippen LogP contribution >= 0.6 is 0 Å². The van der Waals surface area contributed by atoms with Gasteiger partial charge in [0.25, 0.3) is 0 Å². The Bertz CT molecular complexity index is 289. The Balaban J connectivity index is 2.08. The molecule has 0 bridgehead atoms. The standard InChI is InChI=1S/C14H24N2O/c1-3-10-16(12-6-4-5-7-12)13(17)14(2)8-9-15-11-14/h3,12,15H,1,4-11H2,2H3. The average molecular weight is 236 g/mol. The smallest absolute Gasteiger partial charge is 0.230 e. The van der Waals surface area contributed by atoms with Crippen molar-refractivity contribution in [2.75, 3.05) is 19.6 Å². The molecule has 1 saturated carbocycles. The van der Waals surface area contributed by atoms with E-state index in [2.05, 4.69) is 23.7 Å². The topological polar surface area (TPSA) is 32.3 Å². The molecule has 2 fully saturated rings. The predicted molar refractivity (Wildman–Crippen MR) is 69.8 cm³/mol. The zero-order valence-corrected chi connectivity index (χ0v) is 10.9. The molecule has 3 nitrogen and oxygen atoms in total. The maximum atomic E-state index is 12.7. The fraction of sp³-hybridized carbons (Fsp3) is 0.786. The van der Waals surface area contributed by atoms with Crippen molar-refractivity contribution >= 4 is 5.91 Å². The minimum atomic E-state index is -0.189. The second kappa shape index (κ2) is 5.21. The van der Waals surface area contributed by atoms with E-state index in [0.29, 0.717) is 18.5 Å². The van der Waals surface area contributed by atoms with Gasteiger partial charge in [0.15, 0.2) is 0 Å². The summed E-state index contributed by atoms with van der Waals surface area (Å²) >= 11 is 0. The normalized spacial score (nSPS) is 29.5. The van der Waals surface area contributed by atoms with Crippen LogP contribution in [0.4, 0.5) is 0 Å². The van der Waals surface area contributed by atoms with Gasteiger partial charge in [-0.3, -0.25) is 4.79 Å². The third-order valence-corrected chi connectivity index (χ3v) is 4.24. The van der Waals surface area contributed by atoms with E-state index < -0.39 is 0 Å².